The molecule has 1 unspecified atom stereocenters. The summed E-state index contributed by atoms with van der Waals surface area (Å²) in [6.07, 6.45) is 3.88. The predicted molar refractivity (Wildman–Crippen MR) is 51.8 cm³/mol. The Morgan fingerprint density at radius 2 is 2.46 bits per heavy atom. The fraction of sp³-hybridized carbons (Fsp3) is 0.667. The van der Waals surface area contributed by atoms with Crippen LogP contribution in [0.4, 0.5) is 0 Å². The zero-order chi connectivity index (χ0) is 9.73. The highest BCUT2D eigenvalue weighted by molar-refractivity contribution is 6.25. The van der Waals surface area contributed by atoms with Crippen LogP contribution < -0.4 is 5.32 Å². The SMILES string of the molecule is O=C(O)C1(C/C=C/Cl)CCCNC1. The number of hydrogen-bond acceptors (Lipinski definition) is 2. The lowest BCUT2D eigenvalue weighted by Gasteiger charge is -2.32. The third-order valence-electron chi connectivity index (χ3n) is 2.52. The molecule has 3 nitrogen and oxygen atoms in total. The van der Waals surface area contributed by atoms with Crippen molar-refractivity contribution >= 4 is 17.6 Å². The summed E-state index contributed by atoms with van der Waals surface area (Å²) in [5.74, 6) is -0.727. The summed E-state index contributed by atoms with van der Waals surface area (Å²) >= 11 is 5.39. The predicted octanol–water partition coefficient (Wildman–Crippen LogP) is 1.58. The van der Waals surface area contributed by atoms with Crippen molar-refractivity contribution in [1.29, 1.82) is 0 Å². The molecule has 0 radical (unpaired) electrons. The summed E-state index contributed by atoms with van der Waals surface area (Å²) in [6.45, 7) is 1.46. The molecule has 13 heavy (non-hydrogen) atoms. The molecule has 1 aliphatic heterocycles. The molecular weight excluding hydrogens is 190 g/mol. The first-order chi connectivity index (χ1) is 6.21. The van der Waals surface area contributed by atoms with Crippen molar-refractivity contribution in [3.63, 3.8) is 0 Å². The lowest BCUT2D eigenvalue weighted by Crippen LogP contribution is -2.45. The monoisotopic (exact) mass is 203 g/mol. The van der Waals surface area contributed by atoms with Gasteiger partial charge in [-0.15, -0.1) is 0 Å². The second-order valence-corrected chi connectivity index (χ2v) is 3.68. The van der Waals surface area contributed by atoms with E-state index in [0.29, 0.717) is 13.0 Å². The van der Waals surface area contributed by atoms with Crippen LogP contribution in [0.15, 0.2) is 11.6 Å². The van der Waals surface area contributed by atoms with Gasteiger partial charge in [-0.25, -0.2) is 0 Å². The average molecular weight is 204 g/mol. The van der Waals surface area contributed by atoms with E-state index in [-0.39, 0.29) is 0 Å². The van der Waals surface area contributed by atoms with E-state index in [1.165, 1.54) is 5.54 Å². The van der Waals surface area contributed by atoms with Crippen molar-refractivity contribution in [3.05, 3.63) is 11.6 Å². The van der Waals surface area contributed by atoms with Gasteiger partial charge in [-0.3, -0.25) is 4.79 Å². The van der Waals surface area contributed by atoms with Gasteiger partial charge in [-0.2, -0.15) is 0 Å². The number of carbonyl (C=O) groups is 1. The van der Waals surface area contributed by atoms with Crippen molar-refractivity contribution < 1.29 is 9.90 Å². The Morgan fingerprint density at radius 3 is 2.92 bits per heavy atom. The molecule has 0 spiro atoms. The van der Waals surface area contributed by atoms with E-state index in [4.69, 9.17) is 16.7 Å². The molecule has 74 valence electrons. The molecule has 0 aromatic carbocycles. The van der Waals surface area contributed by atoms with E-state index in [2.05, 4.69) is 5.32 Å². The number of carboxylic acids is 1. The zero-order valence-electron chi connectivity index (χ0n) is 7.42. The summed E-state index contributed by atoms with van der Waals surface area (Å²) in [7, 11) is 0. The lowest BCUT2D eigenvalue weighted by molar-refractivity contribution is -0.149. The molecule has 2 N–H and O–H groups in total. The van der Waals surface area contributed by atoms with Gasteiger partial charge in [0, 0.05) is 12.1 Å². The Morgan fingerprint density at radius 1 is 1.69 bits per heavy atom. The number of carboxylic acid groups (broad SMARTS) is 1. The van der Waals surface area contributed by atoms with Crippen LogP contribution in [0.5, 0.6) is 0 Å². The van der Waals surface area contributed by atoms with Crippen molar-refractivity contribution in [2.75, 3.05) is 13.1 Å². The summed E-state index contributed by atoms with van der Waals surface area (Å²) in [6, 6.07) is 0. The third-order valence-corrected chi connectivity index (χ3v) is 2.70. The number of aliphatic carboxylic acids is 1. The van der Waals surface area contributed by atoms with Gasteiger partial charge in [0.2, 0.25) is 0 Å². The van der Waals surface area contributed by atoms with Gasteiger partial charge in [0.1, 0.15) is 0 Å². The molecule has 1 atom stereocenters. The van der Waals surface area contributed by atoms with Crippen LogP contribution >= 0.6 is 11.6 Å². The molecule has 0 amide bonds. The molecular formula is C9H14ClNO2. The molecule has 1 saturated heterocycles. The molecule has 1 fully saturated rings. The first kappa shape index (κ1) is 10.5. The van der Waals surface area contributed by atoms with Crippen LogP contribution in [-0.4, -0.2) is 24.2 Å². The maximum absolute atomic E-state index is 11.1. The van der Waals surface area contributed by atoms with E-state index >= 15 is 0 Å². The largest absolute Gasteiger partial charge is 0.481 e. The summed E-state index contributed by atoms with van der Waals surface area (Å²) in [5.41, 5.74) is 0.753. The van der Waals surface area contributed by atoms with Gasteiger partial charge < -0.3 is 10.4 Å². The molecule has 1 rings (SSSR count). The summed E-state index contributed by atoms with van der Waals surface area (Å²) in [4.78, 5) is 11.1. The molecule has 0 aromatic heterocycles. The highest BCUT2D eigenvalue weighted by atomic mass is 35.5. The maximum atomic E-state index is 11.1. The number of hydrogen-bond donors (Lipinski definition) is 2. The fourth-order valence-electron chi connectivity index (χ4n) is 1.68. The number of rotatable bonds is 3. The maximum Gasteiger partial charge on any atom is 0.311 e. The Balaban J connectivity index is 2.67. The second kappa shape index (κ2) is 4.63. The Labute approximate surface area is 82.8 Å². The highest BCUT2D eigenvalue weighted by Crippen LogP contribution is 2.30. The normalized spacial score (nSPS) is 29.3. The number of piperidine rings is 1. The number of allylic oxidation sites excluding steroid dienone is 1. The topological polar surface area (TPSA) is 49.3 Å². The van der Waals surface area contributed by atoms with Gasteiger partial charge in [0.05, 0.1) is 5.41 Å². The summed E-state index contributed by atoms with van der Waals surface area (Å²) in [5, 5.41) is 12.2. The minimum Gasteiger partial charge on any atom is -0.481 e. The third kappa shape index (κ3) is 2.45. The highest BCUT2D eigenvalue weighted by Gasteiger charge is 2.38. The first-order valence-electron chi connectivity index (χ1n) is 4.41. The van der Waals surface area contributed by atoms with Gasteiger partial charge >= 0.3 is 5.97 Å². The van der Waals surface area contributed by atoms with Crippen LogP contribution in [0.1, 0.15) is 19.3 Å². The minimum atomic E-state index is -0.727. The molecule has 0 saturated carbocycles. The van der Waals surface area contributed by atoms with E-state index in [0.717, 1.165) is 19.4 Å². The van der Waals surface area contributed by atoms with E-state index in [9.17, 15) is 4.79 Å². The van der Waals surface area contributed by atoms with Crippen molar-refractivity contribution in [3.8, 4) is 0 Å². The van der Waals surface area contributed by atoms with Gasteiger partial charge in [0.25, 0.3) is 0 Å². The Bertz CT molecular complexity index is 210. The second-order valence-electron chi connectivity index (χ2n) is 3.43. The summed E-state index contributed by atoms with van der Waals surface area (Å²) < 4.78 is 0. The van der Waals surface area contributed by atoms with Crippen LogP contribution in [0.25, 0.3) is 0 Å². The molecule has 0 aromatic rings. The van der Waals surface area contributed by atoms with Gasteiger partial charge in [-0.05, 0) is 25.8 Å². The standard InChI is InChI=1S/C9H14ClNO2/c10-5-1-3-9(8(12)13)4-2-6-11-7-9/h1,5,11H,2-4,6-7H2,(H,12,13)/b5-1+. The zero-order valence-corrected chi connectivity index (χ0v) is 8.18. The smallest absolute Gasteiger partial charge is 0.311 e. The van der Waals surface area contributed by atoms with Crippen molar-refractivity contribution in [1.82, 2.24) is 5.32 Å². The first-order valence-corrected chi connectivity index (χ1v) is 4.84. The Hall–Kier alpha value is -0.540. The molecule has 1 heterocycles. The molecule has 0 bridgehead atoms. The van der Waals surface area contributed by atoms with Gasteiger partial charge in [-0.1, -0.05) is 17.7 Å². The van der Waals surface area contributed by atoms with Crippen LogP contribution in [0, 0.1) is 5.41 Å². The minimum absolute atomic E-state index is 0.513. The van der Waals surface area contributed by atoms with Crippen LogP contribution in [-0.2, 0) is 4.79 Å². The molecule has 0 aliphatic carbocycles. The fourth-order valence-corrected chi connectivity index (χ4v) is 1.77. The van der Waals surface area contributed by atoms with Gasteiger partial charge in [0.15, 0.2) is 0 Å². The Kier molecular flexibility index (Phi) is 3.75. The molecule has 4 heteroatoms. The van der Waals surface area contributed by atoms with Crippen LogP contribution in [0.2, 0.25) is 0 Å². The lowest BCUT2D eigenvalue weighted by atomic mass is 9.78. The van der Waals surface area contributed by atoms with Crippen LogP contribution in [0.3, 0.4) is 0 Å². The van der Waals surface area contributed by atoms with Crippen molar-refractivity contribution in [2.24, 2.45) is 5.41 Å². The van der Waals surface area contributed by atoms with E-state index in [1.807, 2.05) is 0 Å². The molecule has 1 aliphatic rings. The quantitative estimate of drug-likeness (QED) is 0.733. The van der Waals surface area contributed by atoms with E-state index in [1.54, 1.807) is 6.08 Å². The van der Waals surface area contributed by atoms with E-state index < -0.39 is 11.4 Å². The number of nitrogens with one attached hydrogen (secondary N) is 1. The average Bonchev–Trinajstić information content (AvgIpc) is 2.16. The number of halogens is 1. The van der Waals surface area contributed by atoms with Crippen molar-refractivity contribution in [2.45, 2.75) is 19.3 Å².